The van der Waals surface area contributed by atoms with Gasteiger partial charge in [-0.25, -0.2) is 4.98 Å². The van der Waals surface area contributed by atoms with E-state index >= 15 is 0 Å². The Morgan fingerprint density at radius 2 is 2.19 bits per heavy atom. The van der Waals surface area contributed by atoms with Crippen LogP contribution in [-0.4, -0.2) is 40.8 Å². The van der Waals surface area contributed by atoms with Crippen LogP contribution in [0.2, 0.25) is 5.02 Å². The summed E-state index contributed by atoms with van der Waals surface area (Å²) in [5, 5.41) is 8.87. The number of thiazole rings is 1. The average Bonchev–Trinajstić information content (AvgIpc) is 3.18. The normalized spacial score (nSPS) is 18.7. The number of anilines is 2. The summed E-state index contributed by atoms with van der Waals surface area (Å²) in [5.41, 5.74) is 1.56. The lowest BCUT2D eigenvalue weighted by Gasteiger charge is -2.35. The SMILES string of the molecule is Cc1c(Cl)cccc1NC(=O)C(C)N1CCCC(C(=O)Nc2nccs2)C1. The fraction of sp³-hybridized carbons (Fsp3) is 0.421. The number of nitrogens with zero attached hydrogens (tertiary/aromatic N) is 2. The minimum Gasteiger partial charge on any atom is -0.324 e. The predicted octanol–water partition coefficient (Wildman–Crippen LogP) is 3.78. The molecule has 1 aromatic carbocycles. The number of amides is 2. The highest BCUT2D eigenvalue weighted by atomic mass is 35.5. The van der Waals surface area contributed by atoms with Crippen LogP contribution in [0, 0.1) is 12.8 Å². The van der Waals surface area contributed by atoms with E-state index in [1.165, 1.54) is 11.3 Å². The summed E-state index contributed by atoms with van der Waals surface area (Å²) in [6, 6.07) is 5.12. The van der Waals surface area contributed by atoms with Crippen LogP contribution in [0.4, 0.5) is 10.8 Å². The quantitative estimate of drug-likeness (QED) is 0.792. The van der Waals surface area contributed by atoms with Crippen molar-refractivity contribution in [2.75, 3.05) is 23.7 Å². The molecule has 2 N–H and O–H groups in total. The van der Waals surface area contributed by atoms with Crippen LogP contribution in [0.15, 0.2) is 29.8 Å². The molecule has 0 spiro atoms. The Bertz CT molecular complexity index is 812. The smallest absolute Gasteiger partial charge is 0.241 e. The summed E-state index contributed by atoms with van der Waals surface area (Å²) in [7, 11) is 0. The van der Waals surface area contributed by atoms with Crippen LogP contribution in [0.5, 0.6) is 0 Å². The van der Waals surface area contributed by atoms with Crippen LogP contribution < -0.4 is 10.6 Å². The van der Waals surface area contributed by atoms with E-state index in [1.807, 2.05) is 31.4 Å². The average molecular weight is 407 g/mol. The van der Waals surface area contributed by atoms with Gasteiger partial charge < -0.3 is 10.6 Å². The van der Waals surface area contributed by atoms with Gasteiger partial charge in [0.25, 0.3) is 0 Å². The van der Waals surface area contributed by atoms with E-state index < -0.39 is 0 Å². The highest BCUT2D eigenvalue weighted by Gasteiger charge is 2.31. The Balaban J connectivity index is 1.60. The molecule has 2 atom stereocenters. The first-order valence-corrected chi connectivity index (χ1v) is 10.2. The third-order valence-corrected chi connectivity index (χ3v) is 6.04. The van der Waals surface area contributed by atoms with Crippen molar-refractivity contribution in [3.63, 3.8) is 0 Å². The van der Waals surface area contributed by atoms with Gasteiger partial charge in [0.05, 0.1) is 12.0 Å². The molecule has 0 saturated carbocycles. The summed E-state index contributed by atoms with van der Waals surface area (Å²) in [4.78, 5) is 31.3. The number of likely N-dealkylation sites (tertiary alicyclic amines) is 1. The Morgan fingerprint density at radius 1 is 1.37 bits per heavy atom. The molecule has 0 radical (unpaired) electrons. The van der Waals surface area contributed by atoms with Crippen molar-refractivity contribution in [1.29, 1.82) is 0 Å². The summed E-state index contributed by atoms with van der Waals surface area (Å²) in [5.74, 6) is -0.278. The molecule has 1 aromatic heterocycles. The number of nitrogens with one attached hydrogen (secondary N) is 2. The van der Waals surface area contributed by atoms with Gasteiger partial charge in [0.1, 0.15) is 0 Å². The first-order chi connectivity index (χ1) is 13.0. The zero-order valence-electron chi connectivity index (χ0n) is 15.4. The molecule has 2 amide bonds. The molecular weight excluding hydrogens is 384 g/mol. The van der Waals surface area contributed by atoms with Gasteiger partial charge in [0, 0.05) is 28.8 Å². The van der Waals surface area contributed by atoms with Crippen LogP contribution >= 0.6 is 22.9 Å². The number of hydrogen-bond donors (Lipinski definition) is 2. The van der Waals surface area contributed by atoms with Crippen molar-refractivity contribution in [1.82, 2.24) is 9.88 Å². The van der Waals surface area contributed by atoms with Gasteiger partial charge in [0.15, 0.2) is 5.13 Å². The van der Waals surface area contributed by atoms with Crippen molar-refractivity contribution in [3.8, 4) is 0 Å². The lowest BCUT2D eigenvalue weighted by atomic mass is 9.96. The first-order valence-electron chi connectivity index (χ1n) is 8.96. The Kier molecular flexibility index (Phi) is 6.46. The van der Waals surface area contributed by atoms with E-state index in [-0.39, 0.29) is 23.8 Å². The van der Waals surface area contributed by atoms with Crippen LogP contribution in [0.1, 0.15) is 25.3 Å². The van der Waals surface area contributed by atoms with Crippen molar-refractivity contribution in [3.05, 3.63) is 40.4 Å². The van der Waals surface area contributed by atoms with E-state index in [4.69, 9.17) is 11.6 Å². The summed E-state index contributed by atoms with van der Waals surface area (Å²) < 4.78 is 0. The van der Waals surface area contributed by atoms with E-state index in [1.54, 1.807) is 12.3 Å². The standard InChI is InChI=1S/C19H23ClN4O2S/c1-12-15(20)6-3-7-16(12)22-17(25)13(2)24-9-4-5-14(11-24)18(26)23-19-21-8-10-27-19/h3,6-8,10,13-14H,4-5,9,11H2,1-2H3,(H,22,25)(H,21,23,26). The summed E-state index contributed by atoms with van der Waals surface area (Å²) in [6.45, 7) is 5.10. The predicted molar refractivity (Wildman–Crippen MR) is 109 cm³/mol. The number of halogens is 1. The number of aromatic nitrogens is 1. The Morgan fingerprint density at radius 3 is 2.93 bits per heavy atom. The Labute approximate surface area is 167 Å². The van der Waals surface area contributed by atoms with E-state index in [0.717, 1.165) is 30.6 Å². The van der Waals surface area contributed by atoms with E-state index in [0.29, 0.717) is 16.7 Å². The van der Waals surface area contributed by atoms with Gasteiger partial charge in [0.2, 0.25) is 11.8 Å². The molecule has 2 unspecified atom stereocenters. The molecule has 3 rings (SSSR count). The molecule has 2 heterocycles. The molecular formula is C19H23ClN4O2S. The molecule has 1 aliphatic heterocycles. The Hall–Kier alpha value is -1.96. The maximum Gasteiger partial charge on any atom is 0.241 e. The lowest BCUT2D eigenvalue weighted by molar-refractivity contribution is -0.125. The van der Waals surface area contributed by atoms with Crippen molar-refractivity contribution in [2.24, 2.45) is 5.92 Å². The molecule has 144 valence electrons. The zero-order valence-corrected chi connectivity index (χ0v) is 16.9. The fourth-order valence-corrected chi connectivity index (χ4v) is 3.92. The molecule has 27 heavy (non-hydrogen) atoms. The molecule has 6 nitrogen and oxygen atoms in total. The van der Waals surface area contributed by atoms with E-state index in [9.17, 15) is 9.59 Å². The van der Waals surface area contributed by atoms with Crippen molar-refractivity contribution < 1.29 is 9.59 Å². The van der Waals surface area contributed by atoms with Crippen LogP contribution in [-0.2, 0) is 9.59 Å². The first kappa shape index (κ1) is 19.8. The lowest BCUT2D eigenvalue weighted by Crippen LogP contribution is -2.49. The zero-order chi connectivity index (χ0) is 19.4. The monoisotopic (exact) mass is 406 g/mol. The largest absolute Gasteiger partial charge is 0.324 e. The summed E-state index contributed by atoms with van der Waals surface area (Å²) in [6.07, 6.45) is 3.36. The molecule has 1 fully saturated rings. The number of rotatable bonds is 5. The number of piperidine rings is 1. The molecule has 0 aliphatic carbocycles. The fourth-order valence-electron chi connectivity index (χ4n) is 3.21. The van der Waals surface area contributed by atoms with Gasteiger partial charge in [-0.1, -0.05) is 17.7 Å². The highest BCUT2D eigenvalue weighted by molar-refractivity contribution is 7.13. The number of carbonyl (C=O) groups excluding carboxylic acids is 2. The third kappa shape index (κ3) is 4.86. The second-order valence-corrected chi connectivity index (χ2v) is 8.04. The van der Waals surface area contributed by atoms with Gasteiger partial charge >= 0.3 is 0 Å². The summed E-state index contributed by atoms with van der Waals surface area (Å²) >= 11 is 7.53. The third-order valence-electron chi connectivity index (χ3n) is 4.94. The molecule has 1 aliphatic rings. The highest BCUT2D eigenvalue weighted by Crippen LogP contribution is 2.25. The molecule has 1 saturated heterocycles. The minimum absolute atomic E-state index is 0.0343. The second-order valence-electron chi connectivity index (χ2n) is 6.74. The number of carbonyl (C=O) groups is 2. The minimum atomic E-state index is -0.334. The van der Waals surface area contributed by atoms with Gasteiger partial charge in [-0.2, -0.15) is 0 Å². The number of benzene rings is 1. The van der Waals surface area contributed by atoms with Crippen molar-refractivity contribution in [2.45, 2.75) is 32.7 Å². The van der Waals surface area contributed by atoms with E-state index in [2.05, 4.69) is 20.5 Å². The molecule has 0 bridgehead atoms. The van der Waals surface area contributed by atoms with Gasteiger partial charge in [-0.3, -0.25) is 14.5 Å². The van der Waals surface area contributed by atoms with Gasteiger partial charge in [-0.15, -0.1) is 11.3 Å². The topological polar surface area (TPSA) is 74.3 Å². The molecule has 8 heteroatoms. The van der Waals surface area contributed by atoms with Gasteiger partial charge in [-0.05, 0) is 50.9 Å². The number of hydrogen-bond acceptors (Lipinski definition) is 5. The molecule has 2 aromatic rings. The second kappa shape index (κ2) is 8.82. The van der Waals surface area contributed by atoms with Crippen LogP contribution in [0.25, 0.3) is 0 Å². The van der Waals surface area contributed by atoms with Crippen molar-refractivity contribution >= 4 is 45.6 Å². The van der Waals surface area contributed by atoms with Crippen LogP contribution in [0.3, 0.4) is 0 Å². The maximum absolute atomic E-state index is 12.7. The maximum atomic E-state index is 12.7.